The number of nitrogens with zero attached hydrogens (tertiary/aromatic N) is 2. The number of aryl methyl sites for hydroxylation is 1. The van der Waals surface area contributed by atoms with E-state index in [1.54, 1.807) is 6.20 Å². The molecule has 2 aromatic carbocycles. The molecule has 4 rings (SSSR count). The van der Waals surface area contributed by atoms with E-state index in [0.717, 1.165) is 29.2 Å². The Morgan fingerprint density at radius 1 is 1.16 bits per heavy atom. The Balaban J connectivity index is 1.43. The van der Waals surface area contributed by atoms with Crippen LogP contribution in [0, 0.1) is 24.5 Å². The molecule has 162 valence electrons. The van der Waals surface area contributed by atoms with Crippen molar-refractivity contribution < 1.29 is 27.8 Å². The van der Waals surface area contributed by atoms with Crippen LogP contribution in [0.25, 0.3) is 5.69 Å². The van der Waals surface area contributed by atoms with Gasteiger partial charge in [-0.1, -0.05) is 12.1 Å². The topological polar surface area (TPSA) is 62.6 Å². The summed E-state index contributed by atoms with van der Waals surface area (Å²) in [4.78, 5) is 16.4. The van der Waals surface area contributed by atoms with Crippen molar-refractivity contribution in [1.82, 2.24) is 9.55 Å². The summed E-state index contributed by atoms with van der Waals surface area (Å²) < 4.78 is 46.5. The Morgan fingerprint density at radius 2 is 1.87 bits per heavy atom. The van der Waals surface area contributed by atoms with E-state index in [1.807, 2.05) is 42.0 Å². The first kappa shape index (κ1) is 21.0. The van der Waals surface area contributed by atoms with Crippen molar-refractivity contribution in [3.8, 4) is 17.2 Å². The SMILES string of the molecule is Cc1nccn1-c1ccc(COc2cc(F)cc(OC(=O)C3CCOCC3)c2F)cc1. The van der Waals surface area contributed by atoms with E-state index in [2.05, 4.69) is 4.98 Å². The molecule has 3 aromatic rings. The summed E-state index contributed by atoms with van der Waals surface area (Å²) in [7, 11) is 0. The van der Waals surface area contributed by atoms with Gasteiger partial charge in [0.15, 0.2) is 11.5 Å². The fourth-order valence-corrected chi connectivity index (χ4v) is 3.41. The molecular formula is C23H22F2N2O4. The van der Waals surface area contributed by atoms with E-state index in [9.17, 15) is 13.6 Å². The summed E-state index contributed by atoms with van der Waals surface area (Å²) in [6.45, 7) is 2.81. The van der Waals surface area contributed by atoms with Gasteiger partial charge in [0, 0.05) is 43.4 Å². The third-order valence-electron chi connectivity index (χ3n) is 5.17. The van der Waals surface area contributed by atoms with Crippen LogP contribution in [-0.4, -0.2) is 28.7 Å². The zero-order valence-corrected chi connectivity index (χ0v) is 17.0. The minimum atomic E-state index is -0.910. The molecule has 0 amide bonds. The van der Waals surface area contributed by atoms with Gasteiger partial charge in [-0.3, -0.25) is 4.79 Å². The lowest BCUT2D eigenvalue weighted by atomic mass is 10.0. The standard InChI is InChI=1S/C23H22F2N2O4/c1-15-26-8-9-27(15)19-4-2-16(3-5-19)14-30-20-12-18(24)13-21(22(20)25)31-23(28)17-6-10-29-11-7-17/h2-5,8-9,12-13,17H,6-7,10-11,14H2,1H3. The number of halogens is 2. The van der Waals surface area contributed by atoms with Crippen LogP contribution >= 0.6 is 0 Å². The molecule has 0 spiro atoms. The average Bonchev–Trinajstić information content (AvgIpc) is 3.21. The minimum absolute atomic E-state index is 0.0247. The normalized spacial score (nSPS) is 14.4. The van der Waals surface area contributed by atoms with Crippen molar-refractivity contribution in [1.29, 1.82) is 0 Å². The average molecular weight is 428 g/mol. The van der Waals surface area contributed by atoms with Gasteiger partial charge in [-0.15, -0.1) is 0 Å². The number of ether oxygens (including phenoxy) is 3. The Labute approximate surface area is 178 Å². The molecule has 1 aliphatic rings. The van der Waals surface area contributed by atoms with Gasteiger partial charge < -0.3 is 18.8 Å². The van der Waals surface area contributed by atoms with Gasteiger partial charge in [-0.25, -0.2) is 9.37 Å². The van der Waals surface area contributed by atoms with Crippen molar-refractivity contribution in [3.05, 3.63) is 71.8 Å². The zero-order chi connectivity index (χ0) is 21.8. The molecule has 8 heteroatoms. The molecule has 0 aliphatic carbocycles. The maximum Gasteiger partial charge on any atom is 0.314 e. The molecule has 0 saturated carbocycles. The van der Waals surface area contributed by atoms with Gasteiger partial charge in [0.05, 0.1) is 5.92 Å². The summed E-state index contributed by atoms with van der Waals surface area (Å²) in [5.41, 5.74) is 1.70. The van der Waals surface area contributed by atoms with Crippen molar-refractivity contribution in [2.75, 3.05) is 13.2 Å². The number of carbonyl (C=O) groups excluding carboxylic acids is 1. The third kappa shape index (κ3) is 4.91. The highest BCUT2D eigenvalue weighted by molar-refractivity contribution is 5.75. The van der Waals surface area contributed by atoms with E-state index in [1.165, 1.54) is 0 Å². The van der Waals surface area contributed by atoms with Crippen LogP contribution in [0.5, 0.6) is 11.5 Å². The quantitative estimate of drug-likeness (QED) is 0.431. The van der Waals surface area contributed by atoms with Gasteiger partial charge in [0.2, 0.25) is 5.82 Å². The summed E-state index contributed by atoms with van der Waals surface area (Å²) in [5, 5.41) is 0. The second-order valence-electron chi connectivity index (χ2n) is 7.32. The Morgan fingerprint density at radius 3 is 2.55 bits per heavy atom. The molecule has 31 heavy (non-hydrogen) atoms. The zero-order valence-electron chi connectivity index (χ0n) is 17.0. The minimum Gasteiger partial charge on any atom is -0.486 e. The molecule has 0 bridgehead atoms. The van der Waals surface area contributed by atoms with E-state index >= 15 is 0 Å². The van der Waals surface area contributed by atoms with Gasteiger partial charge in [-0.05, 0) is 37.5 Å². The molecular weight excluding hydrogens is 406 g/mol. The van der Waals surface area contributed by atoms with Crippen molar-refractivity contribution in [2.45, 2.75) is 26.4 Å². The number of hydrogen-bond acceptors (Lipinski definition) is 5. The molecule has 1 fully saturated rings. The van der Waals surface area contributed by atoms with Gasteiger partial charge in [-0.2, -0.15) is 4.39 Å². The van der Waals surface area contributed by atoms with Crippen LogP contribution in [0.1, 0.15) is 24.2 Å². The number of esters is 1. The fourth-order valence-electron chi connectivity index (χ4n) is 3.41. The molecule has 2 heterocycles. The van der Waals surface area contributed by atoms with Gasteiger partial charge >= 0.3 is 5.97 Å². The van der Waals surface area contributed by atoms with E-state index < -0.39 is 29.3 Å². The maximum absolute atomic E-state index is 14.8. The molecule has 0 unspecified atom stereocenters. The van der Waals surface area contributed by atoms with E-state index in [0.29, 0.717) is 26.1 Å². The van der Waals surface area contributed by atoms with Crippen LogP contribution in [0.2, 0.25) is 0 Å². The molecule has 1 saturated heterocycles. The largest absolute Gasteiger partial charge is 0.486 e. The smallest absolute Gasteiger partial charge is 0.314 e. The lowest BCUT2D eigenvalue weighted by Gasteiger charge is -2.20. The van der Waals surface area contributed by atoms with Crippen LogP contribution < -0.4 is 9.47 Å². The maximum atomic E-state index is 14.8. The lowest BCUT2D eigenvalue weighted by molar-refractivity contribution is -0.142. The first-order chi connectivity index (χ1) is 15.0. The predicted molar refractivity (Wildman–Crippen MR) is 108 cm³/mol. The molecule has 6 nitrogen and oxygen atoms in total. The third-order valence-corrected chi connectivity index (χ3v) is 5.17. The lowest BCUT2D eigenvalue weighted by Crippen LogP contribution is -2.27. The highest BCUT2D eigenvalue weighted by Gasteiger charge is 2.25. The second kappa shape index (κ2) is 9.26. The number of hydrogen-bond donors (Lipinski definition) is 0. The number of aromatic nitrogens is 2. The number of carbonyl (C=O) groups is 1. The number of rotatable bonds is 6. The molecule has 0 N–H and O–H groups in total. The highest BCUT2D eigenvalue weighted by atomic mass is 19.1. The van der Waals surface area contributed by atoms with Crippen LogP contribution in [0.15, 0.2) is 48.8 Å². The molecule has 1 aromatic heterocycles. The highest BCUT2D eigenvalue weighted by Crippen LogP contribution is 2.30. The fraction of sp³-hybridized carbons (Fsp3) is 0.304. The van der Waals surface area contributed by atoms with E-state index in [-0.39, 0.29) is 12.4 Å². The Kier molecular flexibility index (Phi) is 6.27. The van der Waals surface area contributed by atoms with Crippen molar-refractivity contribution in [3.63, 3.8) is 0 Å². The number of benzene rings is 2. The predicted octanol–water partition coefficient (Wildman–Crippen LogP) is 4.37. The molecule has 1 aliphatic heterocycles. The van der Waals surface area contributed by atoms with Crippen LogP contribution in [0.4, 0.5) is 8.78 Å². The molecule has 0 atom stereocenters. The summed E-state index contributed by atoms with van der Waals surface area (Å²) in [6.07, 6.45) is 4.55. The van der Waals surface area contributed by atoms with Crippen LogP contribution in [-0.2, 0) is 16.1 Å². The Hall–Kier alpha value is -3.26. The number of imidazole rings is 1. The van der Waals surface area contributed by atoms with Crippen LogP contribution in [0.3, 0.4) is 0 Å². The summed E-state index contributed by atoms with van der Waals surface area (Å²) in [6, 6.07) is 9.22. The Bertz CT molecular complexity index is 1060. The van der Waals surface area contributed by atoms with Crippen molar-refractivity contribution in [2.24, 2.45) is 5.92 Å². The molecule has 0 radical (unpaired) electrons. The summed E-state index contributed by atoms with van der Waals surface area (Å²) in [5.74, 6) is -2.58. The first-order valence-electron chi connectivity index (χ1n) is 10.0. The van der Waals surface area contributed by atoms with Crippen molar-refractivity contribution >= 4 is 5.97 Å². The van der Waals surface area contributed by atoms with E-state index in [4.69, 9.17) is 14.2 Å². The monoisotopic (exact) mass is 428 g/mol. The summed E-state index contributed by atoms with van der Waals surface area (Å²) >= 11 is 0. The second-order valence-corrected chi connectivity index (χ2v) is 7.32. The van der Waals surface area contributed by atoms with Gasteiger partial charge in [0.1, 0.15) is 18.2 Å². The first-order valence-corrected chi connectivity index (χ1v) is 10.0. The van der Waals surface area contributed by atoms with Gasteiger partial charge in [0.25, 0.3) is 0 Å².